The average molecular weight is 396 g/mol. The zero-order valence-corrected chi connectivity index (χ0v) is 18.0. The molecule has 0 N–H and O–H groups in total. The number of likely N-dealkylation sites (tertiary alicyclic amines) is 2. The lowest BCUT2D eigenvalue weighted by Crippen LogP contribution is -2.52. The molecule has 1 aromatic carbocycles. The van der Waals surface area contributed by atoms with Gasteiger partial charge in [-0.3, -0.25) is 4.79 Å². The molecular formula is C24H33N3O2. The van der Waals surface area contributed by atoms with Gasteiger partial charge in [0.2, 0.25) is 5.76 Å². The summed E-state index contributed by atoms with van der Waals surface area (Å²) >= 11 is 0. The summed E-state index contributed by atoms with van der Waals surface area (Å²) in [5.74, 6) is 1.66. The smallest absolute Gasteiger partial charge is 0.291 e. The highest BCUT2D eigenvalue weighted by Crippen LogP contribution is 2.45. The molecule has 2 aliphatic heterocycles. The molecule has 5 nitrogen and oxygen atoms in total. The van der Waals surface area contributed by atoms with Gasteiger partial charge in [-0.15, -0.1) is 0 Å². The van der Waals surface area contributed by atoms with Gasteiger partial charge in [0.25, 0.3) is 5.91 Å². The molecule has 1 aromatic heterocycles. The first-order valence-corrected chi connectivity index (χ1v) is 11.1. The number of piperidine rings is 2. The molecule has 2 aromatic rings. The van der Waals surface area contributed by atoms with Crippen molar-refractivity contribution in [2.45, 2.75) is 52.4 Å². The van der Waals surface area contributed by atoms with Crippen LogP contribution in [0.25, 0.3) is 0 Å². The summed E-state index contributed by atoms with van der Waals surface area (Å²) in [6.45, 7) is 11.1. The number of aromatic nitrogens is 1. The van der Waals surface area contributed by atoms with E-state index in [-0.39, 0.29) is 5.91 Å². The molecule has 0 unspecified atom stereocenters. The molecule has 0 saturated carbocycles. The molecule has 4 rings (SSSR count). The van der Waals surface area contributed by atoms with E-state index in [1.807, 2.05) is 18.7 Å². The molecule has 0 bridgehead atoms. The van der Waals surface area contributed by atoms with E-state index in [9.17, 15) is 4.79 Å². The lowest BCUT2D eigenvalue weighted by atomic mass is 9.68. The third-order valence-electron chi connectivity index (χ3n) is 6.88. The van der Waals surface area contributed by atoms with E-state index in [0.717, 1.165) is 45.6 Å². The summed E-state index contributed by atoms with van der Waals surface area (Å²) in [5.41, 5.74) is 2.47. The molecule has 1 amide bonds. The monoisotopic (exact) mass is 395 g/mol. The van der Waals surface area contributed by atoms with Gasteiger partial charge in [-0.25, -0.2) is 4.98 Å². The Bertz CT molecular complexity index is 837. The third-order valence-corrected chi connectivity index (χ3v) is 6.88. The van der Waals surface area contributed by atoms with Gasteiger partial charge in [-0.05, 0) is 49.6 Å². The predicted octanol–water partition coefficient (Wildman–Crippen LogP) is 4.28. The summed E-state index contributed by atoms with van der Waals surface area (Å²) in [6.07, 6.45) is 4.06. The van der Waals surface area contributed by atoms with E-state index in [1.165, 1.54) is 12.0 Å². The topological polar surface area (TPSA) is 49.6 Å². The van der Waals surface area contributed by atoms with E-state index < -0.39 is 0 Å². The van der Waals surface area contributed by atoms with E-state index in [4.69, 9.17) is 4.42 Å². The number of benzene rings is 1. The van der Waals surface area contributed by atoms with Gasteiger partial charge in [0.1, 0.15) is 0 Å². The number of carbonyl (C=O) groups excluding carboxylic acids is 1. The van der Waals surface area contributed by atoms with E-state index in [1.54, 1.807) is 0 Å². The number of likely N-dealkylation sites (N-methyl/N-ethyl adjacent to an activating group) is 1. The highest BCUT2D eigenvalue weighted by Gasteiger charge is 2.43. The van der Waals surface area contributed by atoms with Gasteiger partial charge in [0.05, 0.1) is 5.69 Å². The number of aryl methyl sites for hydroxylation is 2. The zero-order valence-electron chi connectivity index (χ0n) is 18.0. The van der Waals surface area contributed by atoms with Crippen molar-refractivity contribution in [2.75, 3.05) is 32.7 Å². The fourth-order valence-corrected chi connectivity index (χ4v) is 5.18. The van der Waals surface area contributed by atoms with Crippen LogP contribution >= 0.6 is 0 Å². The lowest BCUT2D eigenvalue weighted by Gasteiger charge is -2.50. The average Bonchev–Trinajstić information content (AvgIpc) is 3.15. The number of oxazole rings is 1. The van der Waals surface area contributed by atoms with Gasteiger partial charge in [0.15, 0.2) is 5.89 Å². The van der Waals surface area contributed by atoms with Crippen molar-refractivity contribution in [1.82, 2.24) is 14.8 Å². The highest BCUT2D eigenvalue weighted by atomic mass is 16.4. The lowest BCUT2D eigenvalue weighted by molar-refractivity contribution is 0.0146. The number of amides is 1. The maximum Gasteiger partial charge on any atom is 0.291 e. The second kappa shape index (κ2) is 8.31. The van der Waals surface area contributed by atoms with Crippen molar-refractivity contribution in [3.8, 4) is 0 Å². The van der Waals surface area contributed by atoms with E-state index in [0.29, 0.717) is 35.1 Å². The van der Waals surface area contributed by atoms with Gasteiger partial charge in [-0.1, -0.05) is 44.2 Å². The van der Waals surface area contributed by atoms with Crippen LogP contribution in [0.1, 0.15) is 66.7 Å². The summed E-state index contributed by atoms with van der Waals surface area (Å²) in [5, 5.41) is 0. The van der Waals surface area contributed by atoms with Crippen LogP contribution in [0.15, 0.2) is 34.7 Å². The Kier molecular flexibility index (Phi) is 5.77. The Hall–Kier alpha value is -2.14. The van der Waals surface area contributed by atoms with Gasteiger partial charge in [-0.2, -0.15) is 0 Å². The summed E-state index contributed by atoms with van der Waals surface area (Å²) in [4.78, 5) is 22.0. The number of hydrogen-bond acceptors (Lipinski definition) is 4. The van der Waals surface area contributed by atoms with Crippen molar-refractivity contribution < 1.29 is 9.21 Å². The van der Waals surface area contributed by atoms with E-state index in [2.05, 4.69) is 47.1 Å². The van der Waals surface area contributed by atoms with Crippen LogP contribution in [0.4, 0.5) is 0 Å². The molecule has 0 radical (unpaired) electrons. The second-order valence-corrected chi connectivity index (χ2v) is 8.81. The SMILES string of the molecule is CCc1nc(C)c(C(=O)N2CCC3(CC2)C[C@@H](c2ccccc2)CN(CC)C3)o1. The molecule has 5 heteroatoms. The Labute approximate surface area is 174 Å². The number of rotatable bonds is 4. The minimum Gasteiger partial charge on any atom is -0.435 e. The molecule has 156 valence electrons. The molecular weight excluding hydrogens is 362 g/mol. The largest absolute Gasteiger partial charge is 0.435 e. The van der Waals surface area contributed by atoms with Crippen LogP contribution in [-0.2, 0) is 6.42 Å². The second-order valence-electron chi connectivity index (χ2n) is 8.81. The van der Waals surface area contributed by atoms with Crippen molar-refractivity contribution >= 4 is 5.91 Å². The van der Waals surface area contributed by atoms with Crippen molar-refractivity contribution in [2.24, 2.45) is 5.41 Å². The first-order valence-electron chi connectivity index (χ1n) is 11.1. The number of hydrogen-bond donors (Lipinski definition) is 0. The highest BCUT2D eigenvalue weighted by molar-refractivity contribution is 5.92. The summed E-state index contributed by atoms with van der Waals surface area (Å²) < 4.78 is 5.71. The number of nitrogens with zero attached hydrogens (tertiary/aromatic N) is 3. The predicted molar refractivity (Wildman–Crippen MR) is 114 cm³/mol. The Morgan fingerprint density at radius 1 is 1.21 bits per heavy atom. The fourth-order valence-electron chi connectivity index (χ4n) is 5.18. The van der Waals surface area contributed by atoms with Gasteiger partial charge in [0, 0.05) is 32.6 Å². The fraction of sp³-hybridized carbons (Fsp3) is 0.583. The Balaban J connectivity index is 1.46. The minimum absolute atomic E-state index is 0.00677. The van der Waals surface area contributed by atoms with E-state index >= 15 is 0 Å². The van der Waals surface area contributed by atoms with Crippen molar-refractivity contribution in [3.63, 3.8) is 0 Å². The number of carbonyl (C=O) groups is 1. The third kappa shape index (κ3) is 4.11. The molecule has 0 aliphatic carbocycles. The Morgan fingerprint density at radius 2 is 1.93 bits per heavy atom. The van der Waals surface area contributed by atoms with Crippen LogP contribution in [0.3, 0.4) is 0 Å². The van der Waals surface area contributed by atoms with Crippen LogP contribution < -0.4 is 0 Å². The first kappa shape index (κ1) is 20.1. The zero-order chi connectivity index (χ0) is 20.4. The molecule has 1 spiro atoms. The van der Waals surface area contributed by atoms with Crippen LogP contribution in [0, 0.1) is 12.3 Å². The Morgan fingerprint density at radius 3 is 2.55 bits per heavy atom. The van der Waals surface area contributed by atoms with Crippen molar-refractivity contribution in [1.29, 1.82) is 0 Å². The summed E-state index contributed by atoms with van der Waals surface area (Å²) in [6, 6.07) is 10.9. The molecule has 2 fully saturated rings. The molecule has 29 heavy (non-hydrogen) atoms. The van der Waals surface area contributed by atoms with Gasteiger partial charge >= 0.3 is 0 Å². The summed E-state index contributed by atoms with van der Waals surface area (Å²) in [7, 11) is 0. The van der Waals surface area contributed by atoms with Crippen LogP contribution in [0.5, 0.6) is 0 Å². The molecule has 3 heterocycles. The standard InChI is InChI=1S/C24H33N3O2/c1-4-21-25-18(3)22(29-21)23(28)27-13-11-24(12-14-27)15-20(16-26(5-2)17-24)19-9-7-6-8-10-19/h6-10,20H,4-5,11-17H2,1-3H3/t20-/m1/s1. The molecule has 2 aliphatic rings. The maximum absolute atomic E-state index is 13.0. The van der Waals surface area contributed by atoms with Crippen LogP contribution in [0.2, 0.25) is 0 Å². The van der Waals surface area contributed by atoms with Crippen molar-refractivity contribution in [3.05, 3.63) is 53.2 Å². The van der Waals surface area contributed by atoms with Crippen LogP contribution in [-0.4, -0.2) is 53.4 Å². The quantitative estimate of drug-likeness (QED) is 0.775. The first-order chi connectivity index (χ1) is 14.0. The molecule has 2 saturated heterocycles. The maximum atomic E-state index is 13.0. The minimum atomic E-state index is 0.00677. The molecule has 1 atom stereocenters. The van der Waals surface area contributed by atoms with Gasteiger partial charge < -0.3 is 14.2 Å². The normalized spacial score (nSPS) is 22.2.